The number of hydrogen-bond donors (Lipinski definition) is 1. The molecule has 0 saturated carbocycles. The largest absolute Gasteiger partial charge is 0.396 e. The lowest BCUT2D eigenvalue weighted by molar-refractivity contribution is 0.284. The van der Waals surface area contributed by atoms with Crippen LogP contribution in [0.4, 0.5) is 0 Å². The molecule has 0 radical (unpaired) electrons. The van der Waals surface area contributed by atoms with Crippen molar-refractivity contribution in [2.45, 2.75) is 19.3 Å². The van der Waals surface area contributed by atoms with Crippen molar-refractivity contribution in [3.05, 3.63) is 0 Å². The highest BCUT2D eigenvalue weighted by Gasteiger charge is 1.82. The van der Waals surface area contributed by atoms with Crippen molar-refractivity contribution in [2.24, 2.45) is 0 Å². The molecule has 1 nitrogen and oxygen atoms in total. The molecule has 7 heavy (non-hydrogen) atoms. The van der Waals surface area contributed by atoms with Crippen LogP contribution in [0.1, 0.15) is 19.3 Å². The highest BCUT2D eigenvalue weighted by atomic mass is 35.5. The zero-order valence-electron chi connectivity index (χ0n) is 4.36. The smallest absolute Gasteiger partial charge is 0.0431 e. The van der Waals surface area contributed by atoms with Crippen LogP contribution in [0.15, 0.2) is 0 Å². The van der Waals surface area contributed by atoms with Crippen LogP contribution in [0.25, 0.3) is 0 Å². The number of halogens is 1. The van der Waals surface area contributed by atoms with E-state index in [-0.39, 0.29) is 0 Å². The minimum Gasteiger partial charge on any atom is -0.396 e. The van der Waals surface area contributed by atoms with Crippen molar-refractivity contribution in [1.29, 1.82) is 0 Å². The molecule has 0 aromatic carbocycles. The summed E-state index contributed by atoms with van der Waals surface area (Å²) in [4.78, 5) is 0. The minimum absolute atomic E-state index is 0.302. The molecular weight excluding hydrogens is 112 g/mol. The molecule has 0 spiro atoms. The van der Waals surface area contributed by atoms with Crippen LogP contribution in [-0.4, -0.2) is 17.6 Å². The van der Waals surface area contributed by atoms with Gasteiger partial charge >= 0.3 is 0 Å². The van der Waals surface area contributed by atoms with Gasteiger partial charge in [0.25, 0.3) is 0 Å². The van der Waals surface area contributed by atoms with Crippen molar-refractivity contribution in [1.82, 2.24) is 0 Å². The Kier molecular flexibility index (Phi) is 6.47. The summed E-state index contributed by atoms with van der Waals surface area (Å²) in [5, 5.41) is 8.25. The van der Waals surface area contributed by atoms with Crippen LogP contribution in [0.5, 0.6) is 0 Å². The van der Waals surface area contributed by atoms with Crippen LogP contribution in [0.3, 0.4) is 0 Å². The number of rotatable bonds is 4. The maximum atomic E-state index is 8.25. The lowest BCUT2D eigenvalue weighted by atomic mass is 10.3. The molecule has 0 rings (SSSR count). The predicted octanol–water partition coefficient (Wildman–Crippen LogP) is 1.39. The molecule has 2 heteroatoms. The van der Waals surface area contributed by atoms with Gasteiger partial charge in [-0.15, -0.1) is 11.6 Å². The summed E-state index contributed by atoms with van der Waals surface area (Å²) in [6.45, 7) is 0.302. The Balaban J connectivity index is 2.45. The summed E-state index contributed by atoms with van der Waals surface area (Å²) in [5.41, 5.74) is 0. The highest BCUT2D eigenvalue weighted by molar-refractivity contribution is 6.17. The van der Waals surface area contributed by atoms with Crippen LogP contribution < -0.4 is 0 Å². The fraction of sp³-hybridized carbons (Fsp3) is 1.00. The van der Waals surface area contributed by atoms with E-state index >= 15 is 0 Å². The second kappa shape index (κ2) is 6.25. The minimum atomic E-state index is 0.302. The highest BCUT2D eigenvalue weighted by Crippen LogP contribution is 1.94. The van der Waals surface area contributed by atoms with E-state index in [2.05, 4.69) is 0 Å². The molecule has 0 aromatic rings. The topological polar surface area (TPSA) is 20.2 Å². The molecule has 0 aromatic heterocycles. The Labute approximate surface area is 49.3 Å². The molecule has 0 atom stereocenters. The summed E-state index contributed by atoms with van der Waals surface area (Å²) >= 11 is 5.36. The molecule has 0 aliphatic heterocycles. The van der Waals surface area contributed by atoms with Gasteiger partial charge in [-0.2, -0.15) is 0 Å². The van der Waals surface area contributed by atoms with E-state index in [1.54, 1.807) is 0 Å². The predicted molar refractivity (Wildman–Crippen MR) is 31.7 cm³/mol. The SMILES string of the molecule is OCCCCCCl. The molecule has 0 aliphatic carbocycles. The van der Waals surface area contributed by atoms with Gasteiger partial charge in [0.1, 0.15) is 0 Å². The van der Waals surface area contributed by atoms with Crippen LogP contribution in [0, 0.1) is 0 Å². The summed E-state index contributed by atoms with van der Waals surface area (Å²) < 4.78 is 0. The Bertz CT molecular complexity index is 27.3. The van der Waals surface area contributed by atoms with Gasteiger partial charge in [-0.05, 0) is 19.3 Å². The zero-order chi connectivity index (χ0) is 5.54. The first-order chi connectivity index (χ1) is 3.41. The standard InChI is InChI=1S/C5H11ClO/c6-4-2-1-3-5-7/h7H,1-5H2. The maximum Gasteiger partial charge on any atom is 0.0431 e. The van der Waals surface area contributed by atoms with E-state index in [0.29, 0.717) is 6.61 Å². The van der Waals surface area contributed by atoms with E-state index in [0.717, 1.165) is 25.1 Å². The molecule has 0 unspecified atom stereocenters. The van der Waals surface area contributed by atoms with Crippen LogP contribution in [-0.2, 0) is 0 Å². The molecule has 44 valence electrons. The van der Waals surface area contributed by atoms with E-state index in [1.165, 1.54) is 0 Å². The third-order valence-corrected chi connectivity index (χ3v) is 1.06. The van der Waals surface area contributed by atoms with Gasteiger partial charge in [0.05, 0.1) is 0 Å². The Hall–Kier alpha value is 0.250. The van der Waals surface area contributed by atoms with Crippen LogP contribution in [0.2, 0.25) is 0 Å². The monoisotopic (exact) mass is 122 g/mol. The second-order valence-electron chi connectivity index (χ2n) is 1.47. The molecule has 0 bridgehead atoms. The summed E-state index contributed by atoms with van der Waals surface area (Å²) in [6.07, 6.45) is 2.98. The second-order valence-corrected chi connectivity index (χ2v) is 1.85. The van der Waals surface area contributed by atoms with Crippen molar-refractivity contribution in [3.8, 4) is 0 Å². The lowest BCUT2D eigenvalue weighted by Gasteiger charge is -1.89. The normalized spacial score (nSPS) is 9.43. The quantitative estimate of drug-likeness (QED) is 0.441. The maximum absolute atomic E-state index is 8.25. The first-order valence-corrected chi connectivity index (χ1v) is 3.12. The average Bonchev–Trinajstić information content (AvgIpc) is 1.69. The lowest BCUT2D eigenvalue weighted by Crippen LogP contribution is -1.82. The number of alkyl halides is 1. The molecule has 0 aliphatic rings. The first kappa shape index (κ1) is 7.25. The van der Waals surface area contributed by atoms with Gasteiger partial charge in [0.15, 0.2) is 0 Å². The summed E-state index contributed by atoms with van der Waals surface area (Å²) in [7, 11) is 0. The van der Waals surface area contributed by atoms with Crippen molar-refractivity contribution >= 4 is 11.6 Å². The molecule has 0 fully saturated rings. The van der Waals surface area contributed by atoms with Gasteiger partial charge in [0, 0.05) is 12.5 Å². The summed E-state index contributed by atoms with van der Waals surface area (Å²) in [6, 6.07) is 0. The molecule has 1 N–H and O–H groups in total. The van der Waals surface area contributed by atoms with Gasteiger partial charge < -0.3 is 5.11 Å². The van der Waals surface area contributed by atoms with E-state index < -0.39 is 0 Å². The first-order valence-electron chi connectivity index (χ1n) is 2.58. The Morgan fingerprint density at radius 3 is 2.29 bits per heavy atom. The van der Waals surface area contributed by atoms with Gasteiger partial charge in [-0.3, -0.25) is 0 Å². The van der Waals surface area contributed by atoms with Crippen molar-refractivity contribution in [2.75, 3.05) is 12.5 Å². The number of unbranched alkanes of at least 4 members (excludes halogenated alkanes) is 2. The third-order valence-electron chi connectivity index (χ3n) is 0.792. The average molecular weight is 123 g/mol. The molecule has 0 heterocycles. The number of hydrogen-bond acceptors (Lipinski definition) is 1. The fourth-order valence-corrected chi connectivity index (χ4v) is 0.572. The van der Waals surface area contributed by atoms with Gasteiger partial charge in [0.2, 0.25) is 0 Å². The fourth-order valence-electron chi connectivity index (χ4n) is 0.383. The van der Waals surface area contributed by atoms with Gasteiger partial charge in [-0.1, -0.05) is 0 Å². The van der Waals surface area contributed by atoms with Crippen LogP contribution >= 0.6 is 11.6 Å². The number of aliphatic hydroxyl groups excluding tert-OH is 1. The van der Waals surface area contributed by atoms with E-state index in [4.69, 9.17) is 16.7 Å². The van der Waals surface area contributed by atoms with E-state index in [1.807, 2.05) is 0 Å². The Morgan fingerprint density at radius 2 is 1.86 bits per heavy atom. The van der Waals surface area contributed by atoms with Crippen molar-refractivity contribution < 1.29 is 5.11 Å². The van der Waals surface area contributed by atoms with Crippen molar-refractivity contribution in [3.63, 3.8) is 0 Å². The zero-order valence-corrected chi connectivity index (χ0v) is 5.12. The van der Waals surface area contributed by atoms with E-state index in [9.17, 15) is 0 Å². The molecule has 0 saturated heterocycles. The molecular formula is C5H11ClO. The Morgan fingerprint density at radius 1 is 1.14 bits per heavy atom. The third kappa shape index (κ3) is 6.25. The molecule has 0 amide bonds. The van der Waals surface area contributed by atoms with Gasteiger partial charge in [-0.25, -0.2) is 0 Å². The summed E-state index contributed by atoms with van der Waals surface area (Å²) in [5.74, 6) is 0.722. The number of aliphatic hydroxyl groups is 1.